The van der Waals surface area contributed by atoms with E-state index >= 15 is 0 Å². The first kappa shape index (κ1) is 16.4. The fourth-order valence-electron chi connectivity index (χ4n) is 3.13. The fraction of sp³-hybridized carbons (Fsp3) is 0.778. The van der Waals surface area contributed by atoms with Crippen molar-refractivity contribution in [3.05, 3.63) is 22.8 Å². The Labute approximate surface area is 130 Å². The van der Waals surface area contributed by atoms with Gasteiger partial charge in [-0.15, -0.1) is 0 Å². The molecule has 0 amide bonds. The Balaban J connectivity index is 2.00. The lowest BCUT2D eigenvalue weighted by Crippen LogP contribution is -2.30. The molecular weight excluding hydrogens is 258 g/mol. The molecule has 2 rings (SSSR count). The van der Waals surface area contributed by atoms with Crippen molar-refractivity contribution in [2.45, 2.75) is 60.3 Å². The summed E-state index contributed by atoms with van der Waals surface area (Å²) in [6.45, 7) is 13.4. The number of aromatic nitrogens is 2. The predicted octanol–water partition coefficient (Wildman–Crippen LogP) is 3.33. The van der Waals surface area contributed by atoms with Crippen molar-refractivity contribution in [1.82, 2.24) is 15.3 Å². The van der Waals surface area contributed by atoms with Crippen molar-refractivity contribution >= 4 is 0 Å². The lowest BCUT2D eigenvalue weighted by molar-refractivity contribution is 0.403. The third-order valence-corrected chi connectivity index (χ3v) is 4.20. The summed E-state index contributed by atoms with van der Waals surface area (Å²) in [5.41, 5.74) is 3.95. The lowest BCUT2D eigenvalue weighted by Gasteiger charge is -2.26. The summed E-state index contributed by atoms with van der Waals surface area (Å²) >= 11 is 0. The summed E-state index contributed by atoms with van der Waals surface area (Å²) in [4.78, 5) is 9.56. The summed E-state index contributed by atoms with van der Waals surface area (Å²) in [6.07, 6.45) is 4.52. The Morgan fingerprint density at radius 2 is 1.90 bits per heavy atom. The largest absolute Gasteiger partial charge is 0.316 e. The molecule has 1 N–H and O–H groups in total. The Kier molecular flexibility index (Phi) is 5.74. The molecule has 1 aromatic rings. The first-order chi connectivity index (χ1) is 9.95. The van der Waals surface area contributed by atoms with E-state index in [0.717, 1.165) is 50.0 Å². The Morgan fingerprint density at radius 1 is 1.14 bits per heavy atom. The molecule has 3 nitrogen and oxygen atoms in total. The minimum absolute atomic E-state index is 0.624. The maximum atomic E-state index is 4.83. The molecule has 0 spiro atoms. The minimum atomic E-state index is 0.624. The highest BCUT2D eigenvalue weighted by Crippen LogP contribution is 2.26. The Bertz CT molecular complexity index is 466. The van der Waals surface area contributed by atoms with Gasteiger partial charge in [-0.05, 0) is 62.6 Å². The SMILES string of the molecule is Cc1nc(CC(C)C)nc2c1CC(CNCC(C)C)CC2. The van der Waals surface area contributed by atoms with Gasteiger partial charge in [0, 0.05) is 17.8 Å². The standard InChI is InChI=1S/C18H31N3/c1-12(2)8-18-20-14(5)16-9-15(6-7-17(16)21-18)11-19-10-13(3)4/h12-13,15,19H,6-11H2,1-5H3. The molecule has 1 atom stereocenters. The van der Waals surface area contributed by atoms with E-state index in [1.165, 1.54) is 23.4 Å². The highest BCUT2D eigenvalue weighted by atomic mass is 14.9. The van der Waals surface area contributed by atoms with E-state index in [1.807, 2.05) is 0 Å². The number of rotatable bonds is 6. The molecule has 0 aliphatic heterocycles. The molecule has 21 heavy (non-hydrogen) atoms. The molecule has 0 saturated heterocycles. The number of hydrogen-bond donors (Lipinski definition) is 1. The van der Waals surface area contributed by atoms with Gasteiger partial charge < -0.3 is 5.32 Å². The van der Waals surface area contributed by atoms with Crippen LogP contribution in [0, 0.1) is 24.7 Å². The van der Waals surface area contributed by atoms with Gasteiger partial charge in [-0.1, -0.05) is 27.7 Å². The first-order valence-corrected chi connectivity index (χ1v) is 8.51. The quantitative estimate of drug-likeness (QED) is 0.873. The van der Waals surface area contributed by atoms with Gasteiger partial charge in [0.05, 0.1) is 0 Å². The van der Waals surface area contributed by atoms with Crippen molar-refractivity contribution < 1.29 is 0 Å². The summed E-state index contributed by atoms with van der Waals surface area (Å²) in [6, 6.07) is 0. The first-order valence-electron chi connectivity index (χ1n) is 8.51. The van der Waals surface area contributed by atoms with Crippen molar-refractivity contribution in [2.24, 2.45) is 17.8 Å². The van der Waals surface area contributed by atoms with E-state index in [9.17, 15) is 0 Å². The predicted molar refractivity (Wildman–Crippen MR) is 88.5 cm³/mol. The number of hydrogen-bond acceptors (Lipinski definition) is 3. The molecule has 0 aromatic carbocycles. The molecule has 3 heteroatoms. The Morgan fingerprint density at radius 3 is 2.57 bits per heavy atom. The highest BCUT2D eigenvalue weighted by Gasteiger charge is 2.22. The summed E-state index contributed by atoms with van der Waals surface area (Å²) in [7, 11) is 0. The van der Waals surface area contributed by atoms with Gasteiger partial charge in [0.1, 0.15) is 5.82 Å². The Hall–Kier alpha value is -0.960. The molecule has 0 saturated carbocycles. The molecular formula is C18H31N3. The van der Waals surface area contributed by atoms with Crippen LogP contribution in [0.15, 0.2) is 0 Å². The van der Waals surface area contributed by atoms with E-state index in [0.29, 0.717) is 5.92 Å². The molecule has 0 radical (unpaired) electrons. The second-order valence-electron chi connectivity index (χ2n) is 7.41. The zero-order valence-electron chi connectivity index (χ0n) is 14.4. The van der Waals surface area contributed by atoms with Gasteiger partial charge in [0.25, 0.3) is 0 Å². The van der Waals surface area contributed by atoms with Crippen molar-refractivity contribution in [1.29, 1.82) is 0 Å². The van der Waals surface area contributed by atoms with Crippen LogP contribution in [0.2, 0.25) is 0 Å². The van der Waals surface area contributed by atoms with Crippen LogP contribution in [0.4, 0.5) is 0 Å². The van der Waals surface area contributed by atoms with Crippen molar-refractivity contribution in [3.63, 3.8) is 0 Å². The number of nitrogens with zero attached hydrogens (tertiary/aromatic N) is 2. The molecule has 1 heterocycles. The van der Waals surface area contributed by atoms with Crippen LogP contribution < -0.4 is 5.32 Å². The van der Waals surface area contributed by atoms with E-state index in [-0.39, 0.29) is 0 Å². The third kappa shape index (κ3) is 4.77. The molecule has 1 aliphatic carbocycles. The summed E-state index contributed by atoms with van der Waals surface area (Å²) < 4.78 is 0. The normalized spacial score (nSPS) is 18.3. The zero-order valence-corrected chi connectivity index (χ0v) is 14.4. The third-order valence-electron chi connectivity index (χ3n) is 4.20. The monoisotopic (exact) mass is 289 g/mol. The minimum Gasteiger partial charge on any atom is -0.316 e. The van der Waals surface area contributed by atoms with Gasteiger partial charge in [-0.25, -0.2) is 9.97 Å². The van der Waals surface area contributed by atoms with Crippen LogP contribution in [0.3, 0.4) is 0 Å². The average molecular weight is 289 g/mol. The van der Waals surface area contributed by atoms with Crippen molar-refractivity contribution in [2.75, 3.05) is 13.1 Å². The number of fused-ring (bicyclic) bond motifs is 1. The maximum absolute atomic E-state index is 4.83. The van der Waals surface area contributed by atoms with Gasteiger partial charge in [0.15, 0.2) is 0 Å². The van der Waals surface area contributed by atoms with E-state index in [4.69, 9.17) is 9.97 Å². The van der Waals surface area contributed by atoms with E-state index in [2.05, 4.69) is 39.9 Å². The lowest BCUT2D eigenvalue weighted by atomic mass is 9.85. The van der Waals surface area contributed by atoms with E-state index in [1.54, 1.807) is 0 Å². The van der Waals surface area contributed by atoms with Gasteiger partial charge in [-0.2, -0.15) is 0 Å². The van der Waals surface area contributed by atoms with Crippen LogP contribution >= 0.6 is 0 Å². The van der Waals surface area contributed by atoms with Crippen LogP contribution in [0.1, 0.15) is 56.9 Å². The molecule has 118 valence electrons. The topological polar surface area (TPSA) is 37.8 Å². The summed E-state index contributed by atoms with van der Waals surface area (Å²) in [5.74, 6) is 3.13. The molecule has 1 unspecified atom stereocenters. The molecule has 1 aromatic heterocycles. The molecule has 0 fully saturated rings. The maximum Gasteiger partial charge on any atom is 0.129 e. The van der Waals surface area contributed by atoms with Crippen LogP contribution in [0.5, 0.6) is 0 Å². The van der Waals surface area contributed by atoms with Crippen LogP contribution in [0.25, 0.3) is 0 Å². The molecule has 1 aliphatic rings. The summed E-state index contributed by atoms with van der Waals surface area (Å²) in [5, 5.41) is 3.60. The smallest absolute Gasteiger partial charge is 0.129 e. The van der Waals surface area contributed by atoms with Crippen molar-refractivity contribution in [3.8, 4) is 0 Å². The number of aryl methyl sites for hydroxylation is 2. The highest BCUT2D eigenvalue weighted by molar-refractivity contribution is 5.28. The second-order valence-corrected chi connectivity index (χ2v) is 7.41. The average Bonchev–Trinajstić information content (AvgIpc) is 2.38. The molecule has 0 bridgehead atoms. The van der Waals surface area contributed by atoms with Crippen LogP contribution in [-0.4, -0.2) is 23.1 Å². The van der Waals surface area contributed by atoms with E-state index < -0.39 is 0 Å². The fourth-order valence-corrected chi connectivity index (χ4v) is 3.13. The second kappa shape index (κ2) is 7.35. The number of nitrogens with one attached hydrogen (secondary N) is 1. The van der Waals surface area contributed by atoms with Gasteiger partial charge >= 0.3 is 0 Å². The van der Waals surface area contributed by atoms with Crippen LogP contribution in [-0.2, 0) is 19.3 Å². The van der Waals surface area contributed by atoms with Gasteiger partial charge in [0.2, 0.25) is 0 Å². The zero-order chi connectivity index (χ0) is 15.4. The van der Waals surface area contributed by atoms with Gasteiger partial charge in [-0.3, -0.25) is 0 Å².